The van der Waals surface area contributed by atoms with Crippen LogP contribution in [0.3, 0.4) is 0 Å². The lowest BCUT2D eigenvalue weighted by molar-refractivity contribution is 0.669. The number of aliphatic imine (C=N–C) groups is 1. The molecule has 198 valence electrons. The van der Waals surface area contributed by atoms with E-state index in [0.29, 0.717) is 0 Å². The van der Waals surface area contributed by atoms with Gasteiger partial charge in [-0.3, -0.25) is 4.99 Å². The third-order valence-electron chi connectivity index (χ3n) is 8.45. The molecule has 8 aromatic rings. The van der Waals surface area contributed by atoms with Crippen LogP contribution in [0.4, 0.5) is 5.69 Å². The smallest absolute Gasteiger partial charge is 0.136 e. The maximum atomic E-state index is 6.24. The Hall–Kier alpha value is -5.61. The number of anilines is 1. The summed E-state index contributed by atoms with van der Waals surface area (Å²) in [5.41, 5.74) is 9.79. The maximum Gasteiger partial charge on any atom is 0.136 e. The summed E-state index contributed by atoms with van der Waals surface area (Å²) in [5.74, 6) is 0.878. The maximum absolute atomic E-state index is 6.24. The van der Waals surface area contributed by atoms with Crippen LogP contribution in [0.15, 0.2) is 149 Å². The van der Waals surface area contributed by atoms with Crippen LogP contribution < -0.4 is 5.32 Å². The number of aromatic nitrogens is 1. The molecule has 0 saturated carbocycles. The first-order valence-corrected chi connectivity index (χ1v) is 14.3. The first kappa shape index (κ1) is 23.1. The molecule has 0 amide bonds. The van der Waals surface area contributed by atoms with Gasteiger partial charge in [-0.1, -0.05) is 84.9 Å². The van der Waals surface area contributed by atoms with E-state index in [4.69, 9.17) is 9.41 Å². The number of rotatable bonds is 3. The molecular formula is C38H25N3O. The Morgan fingerprint density at radius 2 is 1.31 bits per heavy atom. The minimum absolute atomic E-state index is 0.0529. The third kappa shape index (κ3) is 3.45. The van der Waals surface area contributed by atoms with E-state index in [9.17, 15) is 0 Å². The number of amidine groups is 1. The van der Waals surface area contributed by atoms with Crippen molar-refractivity contribution >= 4 is 55.3 Å². The first-order chi connectivity index (χ1) is 20.8. The Labute approximate surface area is 242 Å². The number of benzene rings is 6. The van der Waals surface area contributed by atoms with Crippen molar-refractivity contribution in [3.05, 3.63) is 156 Å². The Morgan fingerprint density at radius 1 is 0.571 bits per heavy atom. The number of hydrogen-bond acceptors (Lipinski definition) is 3. The van der Waals surface area contributed by atoms with Crippen molar-refractivity contribution in [1.29, 1.82) is 0 Å². The van der Waals surface area contributed by atoms with Crippen LogP contribution in [0.2, 0.25) is 0 Å². The Morgan fingerprint density at radius 3 is 2.19 bits per heavy atom. The predicted molar refractivity (Wildman–Crippen MR) is 173 cm³/mol. The molecule has 1 atom stereocenters. The molecule has 0 fully saturated rings. The number of fused-ring (bicyclic) bond motifs is 7. The molecule has 42 heavy (non-hydrogen) atoms. The van der Waals surface area contributed by atoms with Crippen molar-refractivity contribution < 1.29 is 4.42 Å². The Kier molecular flexibility index (Phi) is 4.93. The first-order valence-electron chi connectivity index (χ1n) is 14.3. The monoisotopic (exact) mass is 539 g/mol. The normalized spacial score (nSPS) is 14.8. The fourth-order valence-corrected chi connectivity index (χ4v) is 6.48. The molecule has 4 nitrogen and oxygen atoms in total. The van der Waals surface area contributed by atoms with Crippen LogP contribution in [-0.4, -0.2) is 10.4 Å². The molecule has 2 aromatic heterocycles. The van der Waals surface area contributed by atoms with Crippen molar-refractivity contribution in [3.8, 4) is 5.69 Å². The Bertz CT molecular complexity index is 2320. The summed E-state index contributed by atoms with van der Waals surface area (Å²) in [5, 5.41) is 8.25. The SMILES string of the molecule is c1ccc(C2N=C(c3ccc(-n4c5ccccc5c5cc6oc7ccccc7c6cc54)cc3)Nc3ccccc32)cc1. The van der Waals surface area contributed by atoms with Crippen molar-refractivity contribution in [2.45, 2.75) is 6.04 Å². The topological polar surface area (TPSA) is 42.5 Å². The van der Waals surface area contributed by atoms with Gasteiger partial charge in [0.1, 0.15) is 23.0 Å². The van der Waals surface area contributed by atoms with Crippen molar-refractivity contribution in [2.75, 3.05) is 5.32 Å². The number of hydrogen-bond donors (Lipinski definition) is 1. The van der Waals surface area contributed by atoms with Crippen LogP contribution in [0, 0.1) is 0 Å². The van der Waals surface area contributed by atoms with Gasteiger partial charge in [0.2, 0.25) is 0 Å². The standard InChI is InChI=1S/C38H25N3O/c1-2-10-24(11-3-1)37-29-14-4-7-15-32(29)39-38(40-37)25-18-20-26(21-19-25)41-33-16-8-5-12-27(33)30-23-36-31(22-34(30)41)28-13-6-9-17-35(28)42-36/h1-23,37H,(H,39,40). The molecule has 0 radical (unpaired) electrons. The second-order valence-electron chi connectivity index (χ2n) is 10.9. The second-order valence-corrected chi connectivity index (χ2v) is 10.9. The zero-order valence-corrected chi connectivity index (χ0v) is 22.7. The quantitative estimate of drug-likeness (QED) is 0.243. The summed E-state index contributed by atoms with van der Waals surface area (Å²) in [6.45, 7) is 0. The van der Waals surface area contributed by atoms with Gasteiger partial charge in [0.05, 0.1) is 11.0 Å². The fraction of sp³-hybridized carbons (Fsp3) is 0.0263. The molecule has 1 N–H and O–H groups in total. The average molecular weight is 540 g/mol. The van der Waals surface area contributed by atoms with E-state index < -0.39 is 0 Å². The molecule has 6 aromatic carbocycles. The van der Waals surface area contributed by atoms with Crippen molar-refractivity contribution in [1.82, 2.24) is 4.57 Å². The number of furan rings is 1. The van der Waals surface area contributed by atoms with Crippen LogP contribution in [0.25, 0.3) is 49.4 Å². The summed E-state index contributed by atoms with van der Waals surface area (Å²) in [7, 11) is 0. The molecule has 0 saturated heterocycles. The lowest BCUT2D eigenvalue weighted by atomic mass is 9.95. The van der Waals surface area contributed by atoms with Gasteiger partial charge < -0.3 is 14.3 Å². The molecule has 0 aliphatic carbocycles. The largest absolute Gasteiger partial charge is 0.456 e. The van der Waals surface area contributed by atoms with Crippen LogP contribution in [0.5, 0.6) is 0 Å². The van der Waals surface area contributed by atoms with E-state index in [2.05, 4.69) is 137 Å². The molecule has 0 bridgehead atoms. The summed E-state index contributed by atoms with van der Waals surface area (Å²) < 4.78 is 8.60. The third-order valence-corrected chi connectivity index (χ3v) is 8.45. The van der Waals surface area contributed by atoms with E-state index in [1.165, 1.54) is 27.4 Å². The molecular weight excluding hydrogens is 514 g/mol. The summed E-state index contributed by atoms with van der Waals surface area (Å²) in [4.78, 5) is 5.20. The molecule has 0 spiro atoms. The predicted octanol–water partition coefficient (Wildman–Crippen LogP) is 9.64. The van der Waals surface area contributed by atoms with E-state index in [0.717, 1.165) is 50.2 Å². The highest BCUT2D eigenvalue weighted by atomic mass is 16.3. The zero-order chi connectivity index (χ0) is 27.6. The van der Waals surface area contributed by atoms with Gasteiger partial charge >= 0.3 is 0 Å². The lowest BCUT2D eigenvalue weighted by Gasteiger charge is -2.26. The highest BCUT2D eigenvalue weighted by Gasteiger charge is 2.23. The van der Waals surface area contributed by atoms with Gasteiger partial charge in [0, 0.05) is 44.0 Å². The number of nitrogens with one attached hydrogen (secondary N) is 1. The molecule has 4 heteroatoms. The summed E-state index contributed by atoms with van der Waals surface area (Å²) in [6.07, 6.45) is 0. The van der Waals surface area contributed by atoms with Gasteiger partial charge in [-0.05, 0) is 60.2 Å². The molecule has 1 unspecified atom stereocenters. The summed E-state index contributed by atoms with van der Waals surface area (Å²) >= 11 is 0. The van der Waals surface area contributed by atoms with E-state index in [1.807, 2.05) is 12.1 Å². The Balaban J connectivity index is 1.19. The zero-order valence-electron chi connectivity index (χ0n) is 22.7. The van der Waals surface area contributed by atoms with Crippen LogP contribution in [-0.2, 0) is 0 Å². The van der Waals surface area contributed by atoms with E-state index in [1.54, 1.807) is 0 Å². The highest BCUT2D eigenvalue weighted by Crippen LogP contribution is 2.39. The van der Waals surface area contributed by atoms with Gasteiger partial charge in [-0.2, -0.15) is 0 Å². The fourth-order valence-electron chi connectivity index (χ4n) is 6.48. The van der Waals surface area contributed by atoms with Gasteiger partial charge in [0.25, 0.3) is 0 Å². The van der Waals surface area contributed by atoms with E-state index in [-0.39, 0.29) is 6.04 Å². The average Bonchev–Trinajstić information content (AvgIpc) is 3.58. The minimum Gasteiger partial charge on any atom is -0.456 e. The van der Waals surface area contributed by atoms with E-state index >= 15 is 0 Å². The van der Waals surface area contributed by atoms with Gasteiger partial charge in [0.15, 0.2) is 0 Å². The highest BCUT2D eigenvalue weighted by molar-refractivity contribution is 6.17. The van der Waals surface area contributed by atoms with Gasteiger partial charge in [-0.15, -0.1) is 0 Å². The molecule has 1 aliphatic heterocycles. The molecule has 9 rings (SSSR count). The number of nitrogens with zero attached hydrogens (tertiary/aromatic N) is 2. The van der Waals surface area contributed by atoms with Crippen molar-refractivity contribution in [3.63, 3.8) is 0 Å². The lowest BCUT2D eigenvalue weighted by Crippen LogP contribution is -2.22. The van der Waals surface area contributed by atoms with Crippen molar-refractivity contribution in [2.24, 2.45) is 4.99 Å². The molecule has 3 heterocycles. The number of para-hydroxylation sites is 3. The summed E-state index contributed by atoms with van der Waals surface area (Å²) in [6, 6.07) is 49.0. The van der Waals surface area contributed by atoms with Gasteiger partial charge in [-0.25, -0.2) is 0 Å². The second kappa shape index (κ2) is 8.95. The molecule has 1 aliphatic rings. The van der Waals surface area contributed by atoms with Crippen LogP contribution >= 0.6 is 0 Å². The minimum atomic E-state index is -0.0529. The van der Waals surface area contributed by atoms with Crippen LogP contribution in [0.1, 0.15) is 22.7 Å².